The first-order valence-corrected chi connectivity index (χ1v) is 6.74. The highest BCUT2D eigenvalue weighted by atomic mass is 32.1. The van der Waals surface area contributed by atoms with Crippen molar-refractivity contribution in [3.63, 3.8) is 0 Å². The van der Waals surface area contributed by atoms with E-state index in [4.69, 9.17) is 0 Å². The molecule has 0 saturated carbocycles. The summed E-state index contributed by atoms with van der Waals surface area (Å²) < 4.78 is 0. The van der Waals surface area contributed by atoms with Gasteiger partial charge in [0, 0.05) is 5.69 Å². The summed E-state index contributed by atoms with van der Waals surface area (Å²) in [4.78, 5) is 16.9. The van der Waals surface area contributed by atoms with Crippen molar-refractivity contribution < 1.29 is 4.79 Å². The van der Waals surface area contributed by atoms with Crippen molar-refractivity contribution >= 4 is 22.9 Å². The van der Waals surface area contributed by atoms with E-state index >= 15 is 0 Å². The Morgan fingerprint density at radius 2 is 1.94 bits per heavy atom. The Kier molecular flexibility index (Phi) is 3.77. The van der Waals surface area contributed by atoms with E-state index in [0.717, 1.165) is 28.2 Å². The molecule has 1 aromatic carbocycles. The Morgan fingerprint density at radius 3 is 2.50 bits per heavy atom. The Hall–Kier alpha value is -1.68. The quantitative estimate of drug-likeness (QED) is 0.916. The number of benzene rings is 1. The minimum Gasteiger partial charge on any atom is -0.321 e. The number of nitrogens with zero attached hydrogens (tertiary/aromatic N) is 1. The topological polar surface area (TPSA) is 42.0 Å². The monoisotopic (exact) mass is 260 g/mol. The van der Waals surface area contributed by atoms with Crippen LogP contribution in [0.5, 0.6) is 0 Å². The molecule has 0 aliphatic heterocycles. The molecule has 1 aromatic heterocycles. The first kappa shape index (κ1) is 12.8. The molecule has 4 heteroatoms. The second kappa shape index (κ2) is 5.31. The minimum absolute atomic E-state index is 0.0859. The number of thiazole rings is 1. The van der Waals surface area contributed by atoms with Gasteiger partial charge in [-0.25, -0.2) is 4.98 Å². The van der Waals surface area contributed by atoms with E-state index in [9.17, 15) is 4.79 Å². The molecule has 1 amide bonds. The lowest BCUT2D eigenvalue weighted by Gasteiger charge is -2.06. The van der Waals surface area contributed by atoms with Gasteiger partial charge in [0.05, 0.1) is 11.2 Å². The number of carbonyl (C=O) groups excluding carboxylic acids is 1. The molecule has 0 spiro atoms. The fourth-order valence-electron chi connectivity index (χ4n) is 1.82. The highest BCUT2D eigenvalue weighted by Gasteiger charge is 2.10. The van der Waals surface area contributed by atoms with E-state index < -0.39 is 0 Å². The third-order valence-electron chi connectivity index (χ3n) is 2.56. The van der Waals surface area contributed by atoms with Crippen LogP contribution in [-0.2, 0) is 6.42 Å². The van der Waals surface area contributed by atoms with E-state index in [1.165, 1.54) is 11.3 Å². The first-order valence-electron chi connectivity index (χ1n) is 5.93. The number of amides is 1. The molecule has 0 aliphatic carbocycles. The van der Waals surface area contributed by atoms with E-state index in [0.29, 0.717) is 4.88 Å². The smallest absolute Gasteiger partial charge is 0.267 e. The summed E-state index contributed by atoms with van der Waals surface area (Å²) in [5.41, 5.74) is 3.12. The lowest BCUT2D eigenvalue weighted by molar-refractivity contribution is 0.103. The summed E-state index contributed by atoms with van der Waals surface area (Å²) in [5.74, 6) is -0.0859. The van der Waals surface area contributed by atoms with Crippen molar-refractivity contribution in [2.75, 3.05) is 5.32 Å². The maximum atomic E-state index is 12.0. The normalized spacial score (nSPS) is 10.4. The number of carbonyl (C=O) groups is 1. The molecule has 2 aromatic rings. The summed E-state index contributed by atoms with van der Waals surface area (Å²) in [7, 11) is 0. The molecule has 3 nitrogen and oxygen atoms in total. The van der Waals surface area contributed by atoms with Crippen molar-refractivity contribution in [3.8, 4) is 0 Å². The molecule has 0 atom stereocenters. The SMILES string of the molecule is CCc1ncc(C(=O)Nc2cc(C)cc(C)c2)s1. The second-order valence-corrected chi connectivity index (χ2v) is 5.42. The van der Waals surface area contributed by atoms with E-state index in [2.05, 4.69) is 16.4 Å². The number of rotatable bonds is 3. The third-order valence-corrected chi connectivity index (χ3v) is 3.70. The average molecular weight is 260 g/mol. The van der Waals surface area contributed by atoms with Crippen LogP contribution < -0.4 is 5.32 Å². The Balaban J connectivity index is 2.15. The maximum absolute atomic E-state index is 12.0. The van der Waals surface area contributed by atoms with Gasteiger partial charge < -0.3 is 5.32 Å². The van der Waals surface area contributed by atoms with Gasteiger partial charge >= 0.3 is 0 Å². The molecule has 0 bridgehead atoms. The molecule has 1 heterocycles. The van der Waals surface area contributed by atoms with Gasteiger partial charge in [0.2, 0.25) is 0 Å². The van der Waals surface area contributed by atoms with Crippen LogP contribution in [0.15, 0.2) is 24.4 Å². The van der Waals surface area contributed by atoms with Crippen molar-refractivity contribution in [3.05, 3.63) is 45.4 Å². The zero-order chi connectivity index (χ0) is 13.1. The van der Waals surface area contributed by atoms with E-state index in [-0.39, 0.29) is 5.91 Å². The fraction of sp³-hybridized carbons (Fsp3) is 0.286. The first-order chi connectivity index (χ1) is 8.58. The summed E-state index contributed by atoms with van der Waals surface area (Å²) in [6.07, 6.45) is 2.50. The molecular weight excluding hydrogens is 244 g/mol. The third kappa shape index (κ3) is 2.96. The Morgan fingerprint density at radius 1 is 1.28 bits per heavy atom. The van der Waals surface area contributed by atoms with Crippen molar-refractivity contribution in [1.29, 1.82) is 0 Å². The van der Waals surface area contributed by atoms with Gasteiger partial charge in [-0.1, -0.05) is 13.0 Å². The lowest BCUT2D eigenvalue weighted by atomic mass is 10.1. The largest absolute Gasteiger partial charge is 0.321 e. The van der Waals surface area contributed by atoms with Gasteiger partial charge in [0.1, 0.15) is 4.88 Å². The van der Waals surface area contributed by atoms with Gasteiger partial charge in [-0.3, -0.25) is 4.79 Å². The summed E-state index contributed by atoms with van der Waals surface area (Å²) >= 11 is 1.45. The van der Waals surface area contributed by atoms with Crippen LogP contribution in [0.1, 0.15) is 32.7 Å². The number of hydrogen-bond donors (Lipinski definition) is 1. The minimum atomic E-state index is -0.0859. The molecule has 0 saturated heterocycles. The zero-order valence-corrected chi connectivity index (χ0v) is 11.6. The van der Waals surface area contributed by atoms with Crippen LogP contribution in [0.25, 0.3) is 0 Å². The number of anilines is 1. The van der Waals surface area contributed by atoms with Gasteiger partial charge in [0.15, 0.2) is 0 Å². The Bertz CT molecular complexity index is 555. The van der Waals surface area contributed by atoms with Crippen LogP contribution >= 0.6 is 11.3 Å². The second-order valence-electron chi connectivity index (χ2n) is 4.30. The van der Waals surface area contributed by atoms with Crippen molar-refractivity contribution in [2.24, 2.45) is 0 Å². The number of aromatic nitrogens is 1. The van der Waals surface area contributed by atoms with Gasteiger partial charge in [-0.05, 0) is 43.5 Å². The molecule has 0 aliphatic rings. The van der Waals surface area contributed by atoms with Gasteiger partial charge in [-0.15, -0.1) is 11.3 Å². The molecule has 0 fully saturated rings. The molecule has 94 valence electrons. The fourth-order valence-corrected chi connectivity index (χ4v) is 2.57. The number of hydrogen-bond acceptors (Lipinski definition) is 3. The average Bonchev–Trinajstić information content (AvgIpc) is 2.75. The van der Waals surface area contributed by atoms with Crippen LogP contribution in [-0.4, -0.2) is 10.9 Å². The van der Waals surface area contributed by atoms with E-state index in [1.54, 1.807) is 6.20 Å². The molecule has 18 heavy (non-hydrogen) atoms. The summed E-state index contributed by atoms with van der Waals surface area (Å²) in [6.45, 7) is 6.07. The predicted octanol–water partition coefficient (Wildman–Crippen LogP) is 3.57. The van der Waals surface area contributed by atoms with Gasteiger partial charge in [-0.2, -0.15) is 0 Å². The van der Waals surface area contributed by atoms with Crippen molar-refractivity contribution in [2.45, 2.75) is 27.2 Å². The van der Waals surface area contributed by atoms with Gasteiger partial charge in [0.25, 0.3) is 5.91 Å². The number of aryl methyl sites for hydroxylation is 3. The molecule has 0 radical (unpaired) electrons. The molecular formula is C14H16N2OS. The maximum Gasteiger partial charge on any atom is 0.267 e. The summed E-state index contributed by atoms with van der Waals surface area (Å²) in [6, 6.07) is 6.01. The molecule has 0 unspecified atom stereocenters. The van der Waals surface area contributed by atoms with Crippen molar-refractivity contribution in [1.82, 2.24) is 4.98 Å². The predicted molar refractivity (Wildman–Crippen MR) is 75.4 cm³/mol. The molecule has 2 rings (SSSR count). The van der Waals surface area contributed by atoms with Crippen LogP contribution in [0.3, 0.4) is 0 Å². The lowest BCUT2D eigenvalue weighted by Crippen LogP contribution is -2.10. The standard InChI is InChI=1S/C14H16N2OS/c1-4-13-15-8-12(18-13)14(17)16-11-6-9(2)5-10(3)7-11/h5-8H,4H2,1-3H3,(H,16,17). The van der Waals surface area contributed by atoms with Crippen LogP contribution in [0.2, 0.25) is 0 Å². The molecule has 1 N–H and O–H groups in total. The highest BCUT2D eigenvalue weighted by Crippen LogP contribution is 2.18. The Labute approximate surface area is 111 Å². The zero-order valence-electron chi connectivity index (χ0n) is 10.8. The highest BCUT2D eigenvalue weighted by molar-refractivity contribution is 7.13. The van der Waals surface area contributed by atoms with Crippen LogP contribution in [0.4, 0.5) is 5.69 Å². The number of nitrogens with one attached hydrogen (secondary N) is 1. The van der Waals surface area contributed by atoms with E-state index in [1.807, 2.05) is 32.9 Å². The van der Waals surface area contributed by atoms with Crippen LogP contribution in [0, 0.1) is 13.8 Å². The summed E-state index contributed by atoms with van der Waals surface area (Å²) in [5, 5.41) is 3.90.